The molecule has 0 saturated carbocycles. The van der Waals surface area contributed by atoms with Gasteiger partial charge in [-0.3, -0.25) is 4.79 Å². The summed E-state index contributed by atoms with van der Waals surface area (Å²) in [6.45, 7) is 5.01. The Bertz CT molecular complexity index is 394. The lowest BCUT2D eigenvalue weighted by Gasteiger charge is -2.28. The smallest absolute Gasteiger partial charge is 0.220 e. The first-order chi connectivity index (χ1) is 9.29. The Morgan fingerprint density at radius 1 is 1.16 bits per heavy atom. The Kier molecular flexibility index (Phi) is 5.25. The van der Waals surface area contributed by atoms with Crippen molar-refractivity contribution in [2.45, 2.75) is 45.6 Å². The van der Waals surface area contributed by atoms with Crippen molar-refractivity contribution in [1.29, 1.82) is 0 Å². The fourth-order valence-electron chi connectivity index (χ4n) is 2.49. The van der Waals surface area contributed by atoms with Crippen LogP contribution in [0, 0.1) is 0 Å². The first kappa shape index (κ1) is 13.9. The molecule has 1 aliphatic heterocycles. The molecule has 1 aromatic carbocycles. The molecule has 1 heterocycles. The van der Waals surface area contributed by atoms with Gasteiger partial charge in [0.2, 0.25) is 5.91 Å². The van der Waals surface area contributed by atoms with Crippen LogP contribution in [0.4, 0.5) is 5.69 Å². The van der Waals surface area contributed by atoms with Gasteiger partial charge in [-0.25, -0.2) is 0 Å². The van der Waals surface area contributed by atoms with E-state index in [9.17, 15) is 4.79 Å². The molecule has 1 saturated heterocycles. The van der Waals surface area contributed by atoms with Crippen molar-refractivity contribution in [3.63, 3.8) is 0 Å². The molecule has 0 aromatic heterocycles. The zero-order valence-electron chi connectivity index (χ0n) is 11.8. The van der Waals surface area contributed by atoms with E-state index in [2.05, 4.69) is 34.5 Å². The summed E-state index contributed by atoms with van der Waals surface area (Å²) in [5.74, 6) is 0.141. The number of nitrogens with zero attached hydrogens (tertiary/aromatic N) is 1. The van der Waals surface area contributed by atoms with Crippen LogP contribution >= 0.6 is 0 Å². The SMILES string of the molecule is CCCC(=O)NCc1ccc(N2CCCCC2)cc1. The Balaban J connectivity index is 1.85. The molecule has 0 bridgehead atoms. The summed E-state index contributed by atoms with van der Waals surface area (Å²) in [5.41, 5.74) is 2.48. The number of hydrogen-bond donors (Lipinski definition) is 1. The maximum Gasteiger partial charge on any atom is 0.220 e. The highest BCUT2D eigenvalue weighted by Gasteiger charge is 2.10. The van der Waals surface area contributed by atoms with Gasteiger partial charge < -0.3 is 10.2 Å². The van der Waals surface area contributed by atoms with Crippen LogP contribution in [0.2, 0.25) is 0 Å². The van der Waals surface area contributed by atoms with Crippen LogP contribution in [0.1, 0.15) is 44.6 Å². The average Bonchev–Trinajstić information content (AvgIpc) is 2.47. The van der Waals surface area contributed by atoms with Gasteiger partial charge in [-0.2, -0.15) is 0 Å². The van der Waals surface area contributed by atoms with Gasteiger partial charge in [0.15, 0.2) is 0 Å². The van der Waals surface area contributed by atoms with Crippen molar-refractivity contribution in [2.24, 2.45) is 0 Å². The van der Waals surface area contributed by atoms with E-state index >= 15 is 0 Å². The van der Waals surface area contributed by atoms with Gasteiger partial charge >= 0.3 is 0 Å². The molecule has 3 nitrogen and oxygen atoms in total. The van der Waals surface area contributed by atoms with Crippen molar-refractivity contribution < 1.29 is 4.79 Å². The number of benzene rings is 1. The minimum Gasteiger partial charge on any atom is -0.372 e. The molecule has 19 heavy (non-hydrogen) atoms. The maximum absolute atomic E-state index is 11.4. The second-order valence-electron chi connectivity index (χ2n) is 5.24. The van der Waals surface area contributed by atoms with E-state index in [1.165, 1.54) is 43.6 Å². The van der Waals surface area contributed by atoms with Gasteiger partial charge in [-0.1, -0.05) is 19.1 Å². The highest BCUT2D eigenvalue weighted by Crippen LogP contribution is 2.20. The van der Waals surface area contributed by atoms with Gasteiger partial charge in [-0.15, -0.1) is 0 Å². The number of nitrogens with one attached hydrogen (secondary N) is 1. The van der Waals surface area contributed by atoms with E-state index in [1.807, 2.05) is 6.92 Å². The third-order valence-electron chi connectivity index (χ3n) is 3.62. The van der Waals surface area contributed by atoms with E-state index in [-0.39, 0.29) is 5.91 Å². The Hall–Kier alpha value is -1.51. The largest absolute Gasteiger partial charge is 0.372 e. The second kappa shape index (κ2) is 7.17. The number of carbonyl (C=O) groups is 1. The molecule has 1 amide bonds. The quantitative estimate of drug-likeness (QED) is 0.882. The van der Waals surface area contributed by atoms with Crippen LogP contribution < -0.4 is 10.2 Å². The van der Waals surface area contributed by atoms with Crippen molar-refractivity contribution in [2.75, 3.05) is 18.0 Å². The second-order valence-corrected chi connectivity index (χ2v) is 5.24. The number of amides is 1. The first-order valence-corrected chi connectivity index (χ1v) is 7.40. The first-order valence-electron chi connectivity index (χ1n) is 7.40. The van der Waals surface area contributed by atoms with Crippen molar-refractivity contribution in [3.8, 4) is 0 Å². The molecule has 1 aliphatic rings. The lowest BCUT2D eigenvalue weighted by Crippen LogP contribution is -2.29. The molecule has 0 atom stereocenters. The molecule has 0 spiro atoms. The van der Waals surface area contributed by atoms with Crippen LogP contribution in [-0.2, 0) is 11.3 Å². The molecular weight excluding hydrogens is 236 g/mol. The summed E-state index contributed by atoms with van der Waals surface area (Å²) in [7, 11) is 0. The number of rotatable bonds is 5. The van der Waals surface area contributed by atoms with E-state index in [1.54, 1.807) is 0 Å². The summed E-state index contributed by atoms with van der Waals surface area (Å²) in [6.07, 6.45) is 5.48. The molecule has 104 valence electrons. The van der Waals surface area contributed by atoms with Crippen molar-refractivity contribution >= 4 is 11.6 Å². The van der Waals surface area contributed by atoms with Crippen LogP contribution in [0.25, 0.3) is 0 Å². The van der Waals surface area contributed by atoms with Gasteiger partial charge in [-0.05, 0) is 43.4 Å². The maximum atomic E-state index is 11.4. The Labute approximate surface area is 116 Å². The third-order valence-corrected chi connectivity index (χ3v) is 3.62. The zero-order valence-corrected chi connectivity index (χ0v) is 11.8. The zero-order chi connectivity index (χ0) is 13.5. The highest BCUT2D eigenvalue weighted by molar-refractivity contribution is 5.75. The van der Waals surface area contributed by atoms with Crippen molar-refractivity contribution in [3.05, 3.63) is 29.8 Å². The lowest BCUT2D eigenvalue weighted by atomic mass is 10.1. The Morgan fingerprint density at radius 3 is 2.47 bits per heavy atom. The molecule has 0 unspecified atom stereocenters. The van der Waals surface area contributed by atoms with Gasteiger partial charge in [0, 0.05) is 31.7 Å². The van der Waals surface area contributed by atoms with Crippen LogP contribution in [0.15, 0.2) is 24.3 Å². The number of hydrogen-bond acceptors (Lipinski definition) is 2. The highest BCUT2D eigenvalue weighted by atomic mass is 16.1. The minimum atomic E-state index is 0.141. The van der Waals surface area contributed by atoms with Crippen LogP contribution in [0.5, 0.6) is 0 Å². The standard InChI is InChI=1S/C16H24N2O/c1-2-6-16(19)17-13-14-7-9-15(10-8-14)18-11-4-3-5-12-18/h7-10H,2-6,11-13H2,1H3,(H,17,19). The number of anilines is 1. The monoisotopic (exact) mass is 260 g/mol. The molecule has 3 heteroatoms. The van der Waals surface area contributed by atoms with Crippen molar-refractivity contribution in [1.82, 2.24) is 5.32 Å². The minimum absolute atomic E-state index is 0.141. The molecule has 1 N–H and O–H groups in total. The van der Waals surface area contributed by atoms with E-state index < -0.39 is 0 Å². The summed E-state index contributed by atoms with van der Waals surface area (Å²) in [4.78, 5) is 13.9. The molecular formula is C16H24N2O. The Morgan fingerprint density at radius 2 is 1.84 bits per heavy atom. The number of piperidine rings is 1. The molecule has 1 aromatic rings. The predicted molar refractivity (Wildman–Crippen MR) is 79.3 cm³/mol. The van der Waals surface area contributed by atoms with Crippen LogP contribution in [0.3, 0.4) is 0 Å². The lowest BCUT2D eigenvalue weighted by molar-refractivity contribution is -0.121. The molecule has 2 rings (SSSR count). The summed E-state index contributed by atoms with van der Waals surface area (Å²) in [5, 5.41) is 2.95. The average molecular weight is 260 g/mol. The van der Waals surface area contributed by atoms with Gasteiger partial charge in [0.25, 0.3) is 0 Å². The summed E-state index contributed by atoms with van der Waals surface area (Å²) < 4.78 is 0. The van der Waals surface area contributed by atoms with E-state index in [0.717, 1.165) is 6.42 Å². The summed E-state index contributed by atoms with van der Waals surface area (Å²) in [6, 6.07) is 8.59. The van der Waals surface area contributed by atoms with E-state index in [0.29, 0.717) is 13.0 Å². The number of carbonyl (C=O) groups excluding carboxylic acids is 1. The van der Waals surface area contributed by atoms with Gasteiger partial charge in [0.1, 0.15) is 0 Å². The fourth-order valence-corrected chi connectivity index (χ4v) is 2.49. The molecule has 0 aliphatic carbocycles. The topological polar surface area (TPSA) is 32.3 Å². The predicted octanol–water partition coefficient (Wildman–Crippen LogP) is 3.09. The summed E-state index contributed by atoms with van der Waals surface area (Å²) >= 11 is 0. The van der Waals surface area contributed by atoms with E-state index in [4.69, 9.17) is 0 Å². The third kappa shape index (κ3) is 4.27. The fraction of sp³-hybridized carbons (Fsp3) is 0.562. The molecule has 0 radical (unpaired) electrons. The molecule has 1 fully saturated rings. The van der Waals surface area contributed by atoms with Crippen LogP contribution in [-0.4, -0.2) is 19.0 Å². The van der Waals surface area contributed by atoms with Gasteiger partial charge in [0.05, 0.1) is 0 Å². The normalized spacial score (nSPS) is 15.3.